The summed E-state index contributed by atoms with van der Waals surface area (Å²) in [7, 11) is 0. The number of carbonyl (C=O) groups excluding carboxylic acids is 1. The predicted molar refractivity (Wildman–Crippen MR) is 98.2 cm³/mol. The van der Waals surface area contributed by atoms with Crippen molar-refractivity contribution in [3.63, 3.8) is 0 Å². The fourth-order valence-corrected chi connectivity index (χ4v) is 3.62. The van der Waals surface area contributed by atoms with Gasteiger partial charge in [0.2, 0.25) is 0 Å². The third-order valence-corrected chi connectivity index (χ3v) is 5.26. The van der Waals surface area contributed by atoms with Crippen molar-refractivity contribution in [1.82, 2.24) is 15.0 Å². The monoisotopic (exact) mass is 445 g/mol. The molecule has 0 aromatic carbocycles. The summed E-state index contributed by atoms with van der Waals surface area (Å²) < 4.78 is 47.9. The Kier molecular flexibility index (Phi) is 6.70. The second kappa shape index (κ2) is 9.10. The van der Waals surface area contributed by atoms with E-state index in [4.69, 9.17) is 23.6 Å². The van der Waals surface area contributed by atoms with E-state index in [0.717, 1.165) is 30.1 Å². The van der Waals surface area contributed by atoms with Crippen LogP contribution in [0, 0.1) is 13.8 Å². The number of hydrogen-bond acceptors (Lipinski definition) is 7. The van der Waals surface area contributed by atoms with Crippen LogP contribution in [-0.2, 0) is 16.1 Å². The highest BCUT2D eigenvalue weighted by Crippen LogP contribution is 2.27. The summed E-state index contributed by atoms with van der Waals surface area (Å²) in [5.74, 6) is -1.90. The molecule has 9 nitrogen and oxygen atoms in total. The van der Waals surface area contributed by atoms with E-state index in [1.54, 1.807) is 6.07 Å². The quantitative estimate of drug-likeness (QED) is 0.766. The number of aromatic nitrogens is 1. The van der Waals surface area contributed by atoms with Gasteiger partial charge >= 0.3 is 12.1 Å². The van der Waals surface area contributed by atoms with E-state index >= 15 is 0 Å². The molecule has 2 aliphatic rings. The lowest BCUT2D eigenvalue weighted by Gasteiger charge is -2.36. The van der Waals surface area contributed by atoms with Gasteiger partial charge in [0.1, 0.15) is 12.0 Å². The molecule has 2 aromatic rings. The minimum atomic E-state index is -5.08. The number of amides is 1. The molecule has 0 saturated carbocycles. The molecule has 2 aliphatic heterocycles. The molecule has 2 aromatic heterocycles. The first-order valence-corrected chi connectivity index (χ1v) is 9.47. The molecule has 2 saturated heterocycles. The molecule has 2 atom stereocenters. The fraction of sp³-hybridized carbons (Fsp3) is 0.526. The van der Waals surface area contributed by atoms with Crippen LogP contribution in [0.25, 0.3) is 0 Å². The number of rotatable bonds is 3. The highest BCUT2D eigenvalue weighted by molar-refractivity contribution is 5.94. The summed E-state index contributed by atoms with van der Waals surface area (Å²) in [4.78, 5) is 25.7. The largest absolute Gasteiger partial charge is 0.490 e. The first-order chi connectivity index (χ1) is 14.6. The lowest BCUT2D eigenvalue weighted by molar-refractivity contribution is -0.192. The fourth-order valence-electron chi connectivity index (χ4n) is 3.62. The van der Waals surface area contributed by atoms with Crippen LogP contribution in [0.5, 0.6) is 0 Å². The van der Waals surface area contributed by atoms with Crippen LogP contribution in [0.4, 0.5) is 13.2 Å². The standard InChI is InChI=1S/C17H21N3O4.C2HF3O2/c1-11-14(12(2)24-18-11)7-19-4-6-23-16-9-20(8-15(16)19)17(21)13-3-5-22-10-13;3-2(4,5)1(6)7/h3,5,10,15-16H,4,6-9H2,1-2H3;(H,6,7)/t15-,16+;/m1./s1. The number of carboxylic acids is 1. The van der Waals surface area contributed by atoms with Crippen molar-refractivity contribution in [3.8, 4) is 0 Å². The van der Waals surface area contributed by atoms with E-state index < -0.39 is 12.1 Å². The maximum absolute atomic E-state index is 12.6. The first kappa shape index (κ1) is 22.8. The summed E-state index contributed by atoms with van der Waals surface area (Å²) in [6, 6.07) is 1.90. The molecule has 0 aliphatic carbocycles. The number of halogens is 3. The summed E-state index contributed by atoms with van der Waals surface area (Å²) in [5.41, 5.74) is 2.65. The van der Waals surface area contributed by atoms with Crippen molar-refractivity contribution in [3.05, 3.63) is 41.2 Å². The lowest BCUT2D eigenvalue weighted by atomic mass is 10.1. The molecule has 4 rings (SSSR count). The lowest BCUT2D eigenvalue weighted by Crippen LogP contribution is -2.50. The Morgan fingerprint density at radius 2 is 2.00 bits per heavy atom. The number of morpholine rings is 1. The molecule has 4 heterocycles. The van der Waals surface area contributed by atoms with Crippen LogP contribution in [0.15, 0.2) is 27.5 Å². The highest BCUT2D eigenvalue weighted by Gasteiger charge is 2.42. The third kappa shape index (κ3) is 5.25. The van der Waals surface area contributed by atoms with Gasteiger partial charge in [-0.25, -0.2) is 4.79 Å². The number of nitrogens with zero attached hydrogens (tertiary/aromatic N) is 3. The smallest absolute Gasteiger partial charge is 0.475 e. The van der Waals surface area contributed by atoms with Gasteiger partial charge in [0.15, 0.2) is 0 Å². The molecule has 170 valence electrons. The van der Waals surface area contributed by atoms with Crippen molar-refractivity contribution in [2.24, 2.45) is 0 Å². The number of alkyl halides is 3. The number of likely N-dealkylation sites (tertiary alicyclic amines) is 1. The van der Waals surface area contributed by atoms with E-state index in [9.17, 15) is 18.0 Å². The van der Waals surface area contributed by atoms with Gasteiger partial charge in [-0.1, -0.05) is 5.16 Å². The molecule has 12 heteroatoms. The van der Waals surface area contributed by atoms with E-state index in [2.05, 4.69) is 10.1 Å². The zero-order valence-electron chi connectivity index (χ0n) is 16.9. The van der Waals surface area contributed by atoms with Gasteiger partial charge in [0, 0.05) is 31.7 Å². The summed E-state index contributed by atoms with van der Waals surface area (Å²) in [5, 5.41) is 11.2. The Balaban J connectivity index is 0.000000339. The maximum atomic E-state index is 12.6. The average molecular weight is 445 g/mol. The average Bonchev–Trinajstić information content (AvgIpc) is 3.44. The number of fused-ring (bicyclic) bond motifs is 1. The van der Waals surface area contributed by atoms with Crippen LogP contribution >= 0.6 is 0 Å². The minimum Gasteiger partial charge on any atom is -0.475 e. The number of carbonyl (C=O) groups is 2. The summed E-state index contributed by atoms with van der Waals surface area (Å²) in [6.45, 7) is 7.49. The Labute approximate surface area is 175 Å². The number of aliphatic carboxylic acids is 1. The zero-order valence-corrected chi connectivity index (χ0v) is 16.9. The normalized spacial score (nSPS) is 21.4. The van der Waals surface area contributed by atoms with E-state index in [0.29, 0.717) is 25.3 Å². The molecule has 2 fully saturated rings. The number of furan rings is 1. The molecule has 0 spiro atoms. The number of carboxylic acid groups (broad SMARTS) is 1. The topological polar surface area (TPSA) is 109 Å². The van der Waals surface area contributed by atoms with Gasteiger partial charge in [0.25, 0.3) is 5.91 Å². The molecular weight excluding hydrogens is 423 g/mol. The van der Waals surface area contributed by atoms with Crippen LogP contribution < -0.4 is 0 Å². The summed E-state index contributed by atoms with van der Waals surface area (Å²) >= 11 is 0. The Hall–Kier alpha value is -2.86. The minimum absolute atomic E-state index is 0.000890. The number of ether oxygens (including phenoxy) is 1. The van der Waals surface area contributed by atoms with E-state index in [-0.39, 0.29) is 18.1 Å². The van der Waals surface area contributed by atoms with Gasteiger partial charge < -0.3 is 23.7 Å². The van der Waals surface area contributed by atoms with E-state index in [1.807, 2.05) is 18.7 Å². The Morgan fingerprint density at radius 1 is 1.29 bits per heavy atom. The van der Waals surface area contributed by atoms with E-state index in [1.165, 1.54) is 12.5 Å². The van der Waals surface area contributed by atoms with Crippen LogP contribution in [0.1, 0.15) is 27.4 Å². The maximum Gasteiger partial charge on any atom is 0.490 e. The highest BCUT2D eigenvalue weighted by atomic mass is 19.4. The molecule has 31 heavy (non-hydrogen) atoms. The Bertz CT molecular complexity index is 892. The predicted octanol–water partition coefficient (Wildman–Crippen LogP) is 2.24. The van der Waals surface area contributed by atoms with Crippen molar-refractivity contribution < 1.29 is 41.5 Å². The third-order valence-electron chi connectivity index (χ3n) is 5.26. The number of aryl methyl sites for hydroxylation is 2. The Morgan fingerprint density at radius 3 is 2.55 bits per heavy atom. The molecular formula is C19H22F3N3O6. The second-order valence-corrected chi connectivity index (χ2v) is 7.27. The van der Waals surface area contributed by atoms with Gasteiger partial charge in [-0.15, -0.1) is 0 Å². The van der Waals surface area contributed by atoms with Crippen molar-refractivity contribution in [1.29, 1.82) is 0 Å². The zero-order chi connectivity index (χ0) is 22.8. The van der Waals surface area contributed by atoms with Crippen molar-refractivity contribution in [2.75, 3.05) is 26.2 Å². The van der Waals surface area contributed by atoms with Gasteiger partial charge in [0.05, 0.1) is 36.3 Å². The van der Waals surface area contributed by atoms with Crippen molar-refractivity contribution in [2.45, 2.75) is 38.7 Å². The molecule has 1 N–H and O–H groups in total. The van der Waals surface area contributed by atoms with Gasteiger partial charge in [-0.2, -0.15) is 13.2 Å². The molecule has 0 unspecified atom stereocenters. The molecule has 1 amide bonds. The van der Waals surface area contributed by atoms with Crippen LogP contribution in [0.3, 0.4) is 0 Å². The van der Waals surface area contributed by atoms with Crippen LogP contribution in [-0.4, -0.2) is 76.5 Å². The van der Waals surface area contributed by atoms with Gasteiger partial charge in [-0.05, 0) is 19.9 Å². The molecule has 0 radical (unpaired) electrons. The van der Waals surface area contributed by atoms with Crippen LogP contribution in [0.2, 0.25) is 0 Å². The second-order valence-electron chi connectivity index (χ2n) is 7.27. The SMILES string of the molecule is Cc1noc(C)c1CN1CCO[C@H]2CN(C(=O)c3ccoc3)C[C@H]21.O=C(O)C(F)(F)F. The summed E-state index contributed by atoms with van der Waals surface area (Å²) in [6.07, 6.45) is -2.02. The van der Waals surface area contributed by atoms with Crippen molar-refractivity contribution >= 4 is 11.9 Å². The first-order valence-electron chi connectivity index (χ1n) is 9.47. The van der Waals surface area contributed by atoms with Gasteiger partial charge in [-0.3, -0.25) is 9.69 Å². The number of hydrogen-bond donors (Lipinski definition) is 1. The molecule has 0 bridgehead atoms.